The van der Waals surface area contributed by atoms with Crippen molar-refractivity contribution < 1.29 is 9.90 Å². The molecule has 0 aliphatic rings. The fourth-order valence-electron chi connectivity index (χ4n) is 1.45. The van der Waals surface area contributed by atoms with E-state index in [1.54, 1.807) is 20.0 Å². The van der Waals surface area contributed by atoms with Crippen molar-refractivity contribution in [3.05, 3.63) is 17.5 Å². The molecule has 0 radical (unpaired) electrons. The van der Waals surface area contributed by atoms with Crippen molar-refractivity contribution >= 4 is 5.97 Å². The number of carboxylic acids is 1. The number of nitrogens with one attached hydrogen (secondary N) is 1. The number of H-pyrrole nitrogens is 1. The van der Waals surface area contributed by atoms with Gasteiger partial charge in [0, 0.05) is 16.7 Å². The number of hydrogen-bond acceptors (Lipinski definition) is 2. The first-order valence-corrected chi connectivity index (χ1v) is 4.95. The van der Waals surface area contributed by atoms with Crippen LogP contribution < -0.4 is 0 Å². The zero-order valence-electron chi connectivity index (χ0n) is 9.88. The summed E-state index contributed by atoms with van der Waals surface area (Å²) in [5, 5.41) is 16.0. The summed E-state index contributed by atoms with van der Waals surface area (Å²) in [5.74, 6) is -0.839. The van der Waals surface area contributed by atoms with E-state index in [2.05, 4.69) is 10.2 Å². The van der Waals surface area contributed by atoms with E-state index in [1.165, 1.54) is 0 Å². The molecule has 4 nitrogen and oxygen atoms in total. The Morgan fingerprint density at radius 3 is 2.27 bits per heavy atom. The second-order valence-corrected chi connectivity index (χ2v) is 5.34. The predicted octanol–water partition coefficient (Wildman–Crippen LogP) is 2.07. The lowest BCUT2D eigenvalue weighted by Crippen LogP contribution is -2.31. The highest BCUT2D eigenvalue weighted by atomic mass is 16.4. The zero-order chi connectivity index (χ0) is 11.9. The Bertz CT molecular complexity index is 372. The highest BCUT2D eigenvalue weighted by molar-refractivity contribution is 5.80. The molecule has 0 unspecified atom stereocenters. The molecule has 4 heteroatoms. The van der Waals surface area contributed by atoms with Gasteiger partial charge in [-0.2, -0.15) is 5.10 Å². The van der Waals surface area contributed by atoms with Crippen LogP contribution >= 0.6 is 0 Å². The maximum Gasteiger partial charge on any atom is 0.313 e. The van der Waals surface area contributed by atoms with Gasteiger partial charge in [-0.05, 0) is 13.8 Å². The molecule has 1 heterocycles. The third-order valence-corrected chi connectivity index (χ3v) is 2.60. The monoisotopic (exact) mass is 210 g/mol. The maximum atomic E-state index is 11.2. The molecule has 84 valence electrons. The van der Waals surface area contributed by atoms with Gasteiger partial charge in [0.2, 0.25) is 0 Å². The molecular formula is C11H18N2O2. The lowest BCUT2D eigenvalue weighted by atomic mass is 9.78. The smallest absolute Gasteiger partial charge is 0.313 e. The van der Waals surface area contributed by atoms with Crippen LogP contribution in [0.1, 0.15) is 45.9 Å². The SMILES string of the molecule is CC(C)(C)c1[nH]ncc1C(C)(C)C(=O)O. The molecule has 0 saturated heterocycles. The lowest BCUT2D eigenvalue weighted by molar-refractivity contribution is -0.142. The Balaban J connectivity index is 3.28. The largest absolute Gasteiger partial charge is 0.481 e. The predicted molar refractivity (Wildman–Crippen MR) is 57.9 cm³/mol. The molecule has 1 aromatic heterocycles. The number of hydrogen-bond donors (Lipinski definition) is 2. The Labute approximate surface area is 89.7 Å². The van der Waals surface area contributed by atoms with E-state index in [-0.39, 0.29) is 5.41 Å². The summed E-state index contributed by atoms with van der Waals surface area (Å²) in [6.07, 6.45) is 1.61. The fourth-order valence-corrected chi connectivity index (χ4v) is 1.45. The average molecular weight is 210 g/mol. The molecule has 0 saturated carbocycles. The van der Waals surface area contributed by atoms with Crippen LogP contribution in [0.5, 0.6) is 0 Å². The Hall–Kier alpha value is -1.32. The van der Waals surface area contributed by atoms with Crippen LogP contribution in [0.15, 0.2) is 6.20 Å². The zero-order valence-corrected chi connectivity index (χ0v) is 9.88. The molecule has 0 amide bonds. The van der Waals surface area contributed by atoms with Gasteiger partial charge in [-0.1, -0.05) is 20.8 Å². The topological polar surface area (TPSA) is 66.0 Å². The summed E-state index contributed by atoms with van der Waals surface area (Å²) in [6, 6.07) is 0. The minimum absolute atomic E-state index is 0.126. The van der Waals surface area contributed by atoms with Gasteiger partial charge in [0.25, 0.3) is 0 Å². The van der Waals surface area contributed by atoms with Crippen LogP contribution in [0.2, 0.25) is 0 Å². The fraction of sp³-hybridized carbons (Fsp3) is 0.636. The summed E-state index contributed by atoms with van der Waals surface area (Å²) in [5.41, 5.74) is 0.603. The van der Waals surface area contributed by atoms with Crippen LogP contribution in [-0.4, -0.2) is 21.3 Å². The van der Waals surface area contributed by atoms with Gasteiger partial charge in [-0.15, -0.1) is 0 Å². The summed E-state index contributed by atoms with van der Waals surface area (Å²) >= 11 is 0. The van der Waals surface area contributed by atoms with E-state index >= 15 is 0 Å². The molecular weight excluding hydrogens is 192 g/mol. The number of carboxylic acid groups (broad SMARTS) is 1. The van der Waals surface area contributed by atoms with E-state index in [0.29, 0.717) is 0 Å². The summed E-state index contributed by atoms with van der Waals surface area (Å²) in [7, 11) is 0. The number of nitrogens with zero attached hydrogens (tertiary/aromatic N) is 1. The molecule has 0 aliphatic heterocycles. The lowest BCUT2D eigenvalue weighted by Gasteiger charge is -2.25. The number of carbonyl (C=O) groups is 1. The first-order chi connectivity index (χ1) is 6.67. The van der Waals surface area contributed by atoms with Gasteiger partial charge in [0.15, 0.2) is 0 Å². The molecule has 0 fully saturated rings. The first-order valence-electron chi connectivity index (χ1n) is 4.95. The molecule has 15 heavy (non-hydrogen) atoms. The van der Waals surface area contributed by atoms with Crippen LogP contribution in [0.4, 0.5) is 0 Å². The first kappa shape index (κ1) is 11.8. The molecule has 0 aromatic carbocycles. The number of aromatic amines is 1. The quantitative estimate of drug-likeness (QED) is 0.785. The normalized spacial score (nSPS) is 12.9. The van der Waals surface area contributed by atoms with Gasteiger partial charge < -0.3 is 5.11 Å². The molecule has 1 rings (SSSR count). The summed E-state index contributed by atoms with van der Waals surface area (Å²) in [6.45, 7) is 9.47. The number of rotatable bonds is 2. The molecule has 0 aliphatic carbocycles. The van der Waals surface area contributed by atoms with Crippen molar-refractivity contribution in [2.75, 3.05) is 0 Å². The van der Waals surface area contributed by atoms with Crippen LogP contribution in [0.25, 0.3) is 0 Å². The number of aliphatic carboxylic acids is 1. The minimum Gasteiger partial charge on any atom is -0.481 e. The van der Waals surface area contributed by atoms with E-state index < -0.39 is 11.4 Å². The molecule has 0 spiro atoms. The van der Waals surface area contributed by atoms with Gasteiger partial charge in [-0.3, -0.25) is 9.89 Å². The summed E-state index contributed by atoms with van der Waals surface area (Å²) < 4.78 is 0. The van der Waals surface area contributed by atoms with Gasteiger partial charge in [-0.25, -0.2) is 0 Å². The second kappa shape index (κ2) is 3.36. The van der Waals surface area contributed by atoms with E-state index in [9.17, 15) is 4.79 Å². The molecule has 1 aromatic rings. The van der Waals surface area contributed by atoms with Crippen LogP contribution in [0, 0.1) is 0 Å². The second-order valence-electron chi connectivity index (χ2n) is 5.34. The third kappa shape index (κ3) is 2.03. The average Bonchev–Trinajstić information content (AvgIpc) is 2.49. The highest BCUT2D eigenvalue weighted by Crippen LogP contribution is 2.32. The Kier molecular flexibility index (Phi) is 2.63. The van der Waals surface area contributed by atoms with Crippen molar-refractivity contribution in [1.29, 1.82) is 0 Å². The van der Waals surface area contributed by atoms with Gasteiger partial charge in [0.05, 0.1) is 11.6 Å². The number of aromatic nitrogens is 2. The van der Waals surface area contributed by atoms with Crippen molar-refractivity contribution in [1.82, 2.24) is 10.2 Å². The van der Waals surface area contributed by atoms with Crippen molar-refractivity contribution in [2.45, 2.75) is 45.4 Å². The van der Waals surface area contributed by atoms with Crippen molar-refractivity contribution in [3.8, 4) is 0 Å². The molecule has 0 atom stereocenters. The van der Waals surface area contributed by atoms with Crippen LogP contribution in [-0.2, 0) is 15.6 Å². The Morgan fingerprint density at radius 1 is 1.33 bits per heavy atom. The van der Waals surface area contributed by atoms with E-state index in [1.807, 2.05) is 20.8 Å². The molecule has 2 N–H and O–H groups in total. The third-order valence-electron chi connectivity index (χ3n) is 2.60. The Morgan fingerprint density at radius 2 is 1.87 bits per heavy atom. The maximum absolute atomic E-state index is 11.2. The van der Waals surface area contributed by atoms with Gasteiger partial charge in [0.1, 0.15) is 0 Å². The highest BCUT2D eigenvalue weighted by Gasteiger charge is 2.35. The van der Waals surface area contributed by atoms with Crippen LogP contribution in [0.3, 0.4) is 0 Å². The molecule has 0 bridgehead atoms. The standard InChI is InChI=1S/C11H18N2O2/c1-10(2,3)8-7(6-12-13-8)11(4,5)9(14)15/h6H,1-5H3,(H,12,13)(H,14,15). The van der Waals surface area contributed by atoms with Crippen molar-refractivity contribution in [3.63, 3.8) is 0 Å². The van der Waals surface area contributed by atoms with E-state index in [0.717, 1.165) is 11.3 Å². The summed E-state index contributed by atoms with van der Waals surface area (Å²) in [4.78, 5) is 11.2. The van der Waals surface area contributed by atoms with Crippen molar-refractivity contribution in [2.24, 2.45) is 0 Å². The minimum atomic E-state index is -0.907. The van der Waals surface area contributed by atoms with E-state index in [4.69, 9.17) is 5.11 Å². The van der Waals surface area contributed by atoms with Gasteiger partial charge >= 0.3 is 5.97 Å².